The quantitative estimate of drug-likeness (QED) is 0.155. The van der Waals surface area contributed by atoms with Crippen molar-refractivity contribution >= 4 is 11.4 Å². The van der Waals surface area contributed by atoms with Gasteiger partial charge in [0.2, 0.25) is 11.4 Å². The van der Waals surface area contributed by atoms with Crippen LogP contribution in [0.25, 0.3) is 45.0 Å². The first-order chi connectivity index (χ1) is 26.5. The molecule has 0 bridgehead atoms. The molecule has 0 saturated heterocycles. The van der Waals surface area contributed by atoms with Crippen molar-refractivity contribution in [2.45, 2.75) is 89.0 Å². The second-order valence-corrected chi connectivity index (χ2v) is 16.9. The number of rotatable bonds is 6. The lowest BCUT2D eigenvalue weighted by Crippen LogP contribution is -2.35. The van der Waals surface area contributed by atoms with Crippen LogP contribution in [0.15, 0.2) is 97.1 Å². The summed E-state index contributed by atoms with van der Waals surface area (Å²) in [6, 6.07) is 32.6. The Balaban J connectivity index is 1.53. The third kappa shape index (κ3) is 6.96. The fourth-order valence-corrected chi connectivity index (χ4v) is 10.1. The number of aryl methyl sites for hydroxylation is 12. The van der Waals surface area contributed by atoms with Crippen molar-refractivity contribution in [3.8, 4) is 33.6 Å². The predicted molar refractivity (Wildman–Crippen MR) is 240 cm³/mol. The monoisotopic (exact) mass is 735 g/mol. The van der Waals surface area contributed by atoms with Crippen LogP contribution in [-0.4, -0.2) is 11.9 Å². The van der Waals surface area contributed by atoms with Crippen molar-refractivity contribution in [2.24, 2.45) is 7.05 Å². The molecular weight excluding hydrogens is 677 g/mol. The minimum Gasteiger partial charge on any atom is -0.344 e. The van der Waals surface area contributed by atoms with E-state index in [2.05, 4.69) is 204 Å². The van der Waals surface area contributed by atoms with E-state index in [1.165, 1.54) is 128 Å². The minimum atomic E-state index is 0.0409. The summed E-state index contributed by atoms with van der Waals surface area (Å²) < 4.78 is 2.43. The van der Waals surface area contributed by atoms with Gasteiger partial charge >= 0.3 is 0 Å². The van der Waals surface area contributed by atoms with Crippen LogP contribution in [0.3, 0.4) is 0 Å². The van der Waals surface area contributed by atoms with Gasteiger partial charge < -0.3 is 4.90 Å². The maximum absolute atomic E-state index is 2.51. The Hall–Kier alpha value is -5.47. The van der Waals surface area contributed by atoms with Crippen LogP contribution in [0.2, 0.25) is 0 Å². The van der Waals surface area contributed by atoms with Gasteiger partial charge in [-0.25, -0.2) is 0 Å². The van der Waals surface area contributed by atoms with Crippen LogP contribution in [0.4, 0.5) is 0 Å². The Bertz CT molecular complexity index is 2380. The molecule has 0 radical (unpaired) electrons. The molecule has 56 heavy (non-hydrogen) atoms. The molecule has 2 heteroatoms. The summed E-state index contributed by atoms with van der Waals surface area (Å²) in [5, 5.41) is 0. The summed E-state index contributed by atoms with van der Waals surface area (Å²) in [5.41, 5.74) is 29.7. The molecule has 0 fully saturated rings. The van der Waals surface area contributed by atoms with Gasteiger partial charge in [0.05, 0.1) is 11.1 Å². The van der Waals surface area contributed by atoms with E-state index >= 15 is 0 Å². The van der Waals surface area contributed by atoms with Crippen LogP contribution >= 0.6 is 0 Å². The molecule has 7 rings (SSSR count). The molecule has 1 aromatic heterocycles. The molecule has 2 heterocycles. The maximum atomic E-state index is 2.51. The lowest BCUT2D eigenvalue weighted by atomic mass is 9.83. The van der Waals surface area contributed by atoms with E-state index in [1.807, 2.05) is 0 Å². The highest BCUT2D eigenvalue weighted by Crippen LogP contribution is 2.45. The number of hydrogen-bond donors (Lipinski definition) is 0. The Kier molecular flexibility index (Phi) is 10.3. The number of allylic oxidation sites excluding steroid dienone is 2. The fourth-order valence-electron chi connectivity index (χ4n) is 10.1. The van der Waals surface area contributed by atoms with E-state index in [1.54, 1.807) is 0 Å². The first-order valence-electron chi connectivity index (χ1n) is 20.2. The van der Waals surface area contributed by atoms with Gasteiger partial charge in [-0.3, -0.25) is 0 Å². The highest BCUT2D eigenvalue weighted by molar-refractivity contribution is 5.86. The molecule has 1 aliphatic rings. The summed E-state index contributed by atoms with van der Waals surface area (Å²) in [6.07, 6.45) is 5.03. The largest absolute Gasteiger partial charge is 0.344 e. The summed E-state index contributed by atoms with van der Waals surface area (Å²) >= 11 is 0. The first-order valence-corrected chi connectivity index (χ1v) is 20.2. The summed E-state index contributed by atoms with van der Waals surface area (Å²) in [6.45, 7) is 26.9. The van der Waals surface area contributed by atoms with E-state index < -0.39 is 0 Å². The number of hydrogen-bond acceptors (Lipinski definition) is 1. The van der Waals surface area contributed by atoms with Gasteiger partial charge in [-0.15, -0.1) is 0 Å². The van der Waals surface area contributed by atoms with Crippen molar-refractivity contribution in [1.29, 1.82) is 0 Å². The molecule has 0 N–H and O–H groups in total. The lowest BCUT2D eigenvalue weighted by molar-refractivity contribution is -0.649. The van der Waals surface area contributed by atoms with Gasteiger partial charge in [0, 0.05) is 47.6 Å². The summed E-state index contributed by atoms with van der Waals surface area (Å²) in [5.74, 6) is 0.0409. The summed E-state index contributed by atoms with van der Waals surface area (Å²) in [4.78, 5) is 2.44. The minimum absolute atomic E-state index is 0.0409. The van der Waals surface area contributed by atoms with Crippen LogP contribution in [0.1, 0.15) is 89.4 Å². The third-order valence-corrected chi connectivity index (χ3v) is 12.1. The fraction of sp³-hybridized carbons (Fsp3) is 0.278. The number of aromatic nitrogens is 1. The zero-order valence-electron chi connectivity index (χ0n) is 36.2. The van der Waals surface area contributed by atoms with Gasteiger partial charge in [0.15, 0.2) is 0 Å². The first kappa shape index (κ1) is 38.8. The van der Waals surface area contributed by atoms with Gasteiger partial charge in [-0.05, 0) is 156 Å². The highest BCUT2D eigenvalue weighted by atomic mass is 15.1. The molecule has 0 aliphatic carbocycles. The molecular formula is C54H59N2+. The molecule has 0 atom stereocenters. The number of nitrogens with zero attached hydrogens (tertiary/aromatic N) is 2. The van der Waals surface area contributed by atoms with Crippen LogP contribution in [-0.2, 0) is 7.05 Å². The van der Waals surface area contributed by atoms with E-state index in [9.17, 15) is 0 Å². The Morgan fingerprint density at radius 3 is 1.11 bits per heavy atom. The topological polar surface area (TPSA) is 7.12 Å². The van der Waals surface area contributed by atoms with Crippen molar-refractivity contribution in [3.05, 3.63) is 181 Å². The van der Waals surface area contributed by atoms with Gasteiger partial charge in [-0.1, -0.05) is 95.1 Å². The lowest BCUT2D eigenvalue weighted by Gasteiger charge is -2.35. The molecule has 5 aromatic carbocycles. The SMILES string of the molecule is Cc1cc(C)c(C2=CC(c3ccccc3-c3cc(-c4c(C)cc(C)cc4C)[n+](C)c(-c4c(C)cc(C)cc4C)c3)C=C(c3c(C)cc(C)cc3C)N2C)c(C)c1. The van der Waals surface area contributed by atoms with E-state index in [0.717, 1.165) is 0 Å². The zero-order valence-corrected chi connectivity index (χ0v) is 36.2. The second-order valence-electron chi connectivity index (χ2n) is 16.9. The van der Waals surface area contributed by atoms with Crippen molar-refractivity contribution in [3.63, 3.8) is 0 Å². The van der Waals surface area contributed by atoms with Crippen molar-refractivity contribution in [2.75, 3.05) is 7.05 Å². The van der Waals surface area contributed by atoms with Gasteiger partial charge in [0.25, 0.3) is 0 Å². The average Bonchev–Trinajstić information content (AvgIpc) is 3.09. The van der Waals surface area contributed by atoms with Crippen molar-refractivity contribution < 1.29 is 4.57 Å². The van der Waals surface area contributed by atoms with Crippen molar-refractivity contribution in [1.82, 2.24) is 4.90 Å². The predicted octanol–water partition coefficient (Wildman–Crippen LogP) is 13.3. The molecule has 2 nitrogen and oxygen atoms in total. The van der Waals surface area contributed by atoms with Gasteiger partial charge in [0.1, 0.15) is 7.05 Å². The van der Waals surface area contributed by atoms with E-state index in [-0.39, 0.29) is 5.92 Å². The van der Waals surface area contributed by atoms with Crippen LogP contribution in [0.5, 0.6) is 0 Å². The molecule has 0 spiro atoms. The Morgan fingerprint density at radius 2 is 0.750 bits per heavy atom. The number of benzene rings is 5. The van der Waals surface area contributed by atoms with E-state index in [0.29, 0.717) is 0 Å². The Labute approximate surface area is 336 Å². The van der Waals surface area contributed by atoms with E-state index in [4.69, 9.17) is 0 Å². The molecule has 1 aliphatic heterocycles. The van der Waals surface area contributed by atoms with Gasteiger partial charge in [-0.2, -0.15) is 4.57 Å². The zero-order chi connectivity index (χ0) is 40.3. The molecule has 284 valence electrons. The number of pyridine rings is 1. The maximum Gasteiger partial charge on any atom is 0.213 e. The second kappa shape index (κ2) is 14.9. The molecule has 0 saturated carbocycles. The normalized spacial score (nSPS) is 13.3. The molecule has 0 unspecified atom stereocenters. The third-order valence-electron chi connectivity index (χ3n) is 12.1. The van der Waals surface area contributed by atoms with Crippen LogP contribution < -0.4 is 4.57 Å². The average molecular weight is 736 g/mol. The highest BCUT2D eigenvalue weighted by Gasteiger charge is 2.30. The van der Waals surface area contributed by atoms with Crippen LogP contribution in [0, 0.1) is 83.1 Å². The smallest absolute Gasteiger partial charge is 0.213 e. The standard InChI is InChI=1S/C54H59N2/c1-31-19-35(5)51(36(6)20-31)47-27-43(28-48(55(47)13)52-37(7)21-32(2)22-38(52)8)45-17-15-16-18-46(45)44-29-49(53-39(9)23-33(3)24-40(53)10)56(14)50(30-44)54-41(11)25-34(4)26-42(54)12/h15-30,43H,1-14H3/q+1. The Morgan fingerprint density at radius 1 is 0.429 bits per heavy atom. The molecule has 0 amide bonds. The summed E-state index contributed by atoms with van der Waals surface area (Å²) in [7, 11) is 4.50. The molecule has 6 aromatic rings.